The molecule has 0 saturated carbocycles. The van der Waals surface area contributed by atoms with E-state index in [1.54, 1.807) is 0 Å². The van der Waals surface area contributed by atoms with E-state index in [1.807, 2.05) is 76.2 Å². The first-order chi connectivity index (χ1) is 29.1. The molecule has 6 rings (SSSR count). The van der Waals surface area contributed by atoms with E-state index in [9.17, 15) is 0 Å². The molecule has 0 bridgehead atoms. The Morgan fingerprint density at radius 1 is 0.426 bits per heavy atom. The van der Waals surface area contributed by atoms with Crippen LogP contribution in [0.2, 0.25) is 0 Å². The van der Waals surface area contributed by atoms with Crippen LogP contribution in [0.15, 0.2) is 129 Å². The number of hydrogen-bond acceptors (Lipinski definition) is 6. The zero-order chi connectivity index (χ0) is 44.6. The fraction of sp³-hybridized carbons (Fsp3) is 0.224. The molecule has 61 heavy (non-hydrogen) atoms. The Balaban J connectivity index is 0.00000129. The standard InChI is InChI=1S/C49H50N6.4ClH.2Fe/c1-30-23-32(3)48(33(4)24-30)52-38(9)46-21-13-19-44(54-46)36(7)50-42-17-11-15-40(28-42)27-41-16-12-18-43(29-41)51-37(8)45-20-14-22-47(55-45)39(10)53-49-34(5)25-31(2)26-35(49)6;;;;;;/h11-26,28-29H,27H2,1-10H3;4*1H;;/q;;;;;2*+2/p-4. The summed E-state index contributed by atoms with van der Waals surface area (Å²) < 4.78 is 0. The second kappa shape index (κ2) is 24.6. The second-order valence-corrected chi connectivity index (χ2v) is 18.4. The zero-order valence-electron chi connectivity index (χ0n) is 36.0. The van der Waals surface area contributed by atoms with Crippen LogP contribution in [-0.4, -0.2) is 32.8 Å². The van der Waals surface area contributed by atoms with Gasteiger partial charge < -0.3 is 0 Å². The van der Waals surface area contributed by atoms with Crippen molar-refractivity contribution in [3.05, 3.63) is 176 Å². The molecular formula is C49H50Cl4Fe2N6. The van der Waals surface area contributed by atoms with Crippen LogP contribution in [0.3, 0.4) is 0 Å². The Morgan fingerprint density at radius 2 is 0.705 bits per heavy atom. The molecule has 320 valence electrons. The third-order valence-electron chi connectivity index (χ3n) is 9.63. The van der Waals surface area contributed by atoms with Crippen molar-refractivity contribution in [3.8, 4) is 0 Å². The van der Waals surface area contributed by atoms with E-state index < -0.39 is 0 Å². The normalized spacial score (nSPS) is 12.2. The molecule has 2 heterocycles. The quantitative estimate of drug-likeness (QED) is 0.101. The Morgan fingerprint density at radius 3 is 1.02 bits per heavy atom. The predicted molar refractivity (Wildman–Crippen MR) is 256 cm³/mol. The first kappa shape index (κ1) is 49.7. The second-order valence-electron chi connectivity index (χ2n) is 14.7. The number of aliphatic imine (C=N–C) groups is 4. The maximum absolute atomic E-state index is 4.98. The number of hydrogen-bond donors (Lipinski definition) is 0. The van der Waals surface area contributed by atoms with Crippen LogP contribution in [0.4, 0.5) is 22.7 Å². The van der Waals surface area contributed by atoms with Crippen molar-refractivity contribution < 1.29 is 26.3 Å². The van der Waals surface area contributed by atoms with Gasteiger partial charge in [0.2, 0.25) is 0 Å². The molecule has 0 aliphatic carbocycles. The van der Waals surface area contributed by atoms with Crippen molar-refractivity contribution in [1.82, 2.24) is 9.97 Å². The van der Waals surface area contributed by atoms with Gasteiger partial charge in [0.25, 0.3) is 0 Å². The minimum atomic E-state index is 0.194. The van der Waals surface area contributed by atoms with E-state index in [0.29, 0.717) is 0 Å². The summed E-state index contributed by atoms with van der Waals surface area (Å²) in [7, 11) is 19.1. The molecule has 0 amide bonds. The fourth-order valence-corrected chi connectivity index (χ4v) is 7.03. The molecule has 0 fully saturated rings. The number of rotatable bonds is 10. The van der Waals surface area contributed by atoms with E-state index in [2.05, 4.69) is 102 Å². The van der Waals surface area contributed by atoms with Crippen molar-refractivity contribution in [2.45, 2.75) is 75.7 Å². The van der Waals surface area contributed by atoms with Crippen molar-refractivity contribution in [1.29, 1.82) is 0 Å². The van der Waals surface area contributed by atoms with Gasteiger partial charge >= 0.3 is 66.7 Å². The van der Waals surface area contributed by atoms with Crippen LogP contribution in [-0.2, 0) is 32.7 Å². The first-order valence-corrected chi connectivity index (χ1v) is 25.4. The van der Waals surface area contributed by atoms with Crippen molar-refractivity contribution in [2.75, 3.05) is 0 Å². The van der Waals surface area contributed by atoms with Gasteiger partial charge in [-0.15, -0.1) is 0 Å². The molecule has 0 radical (unpaired) electrons. The van der Waals surface area contributed by atoms with Gasteiger partial charge in [0.15, 0.2) is 0 Å². The monoisotopic (exact) mass is 974 g/mol. The van der Waals surface area contributed by atoms with Crippen molar-refractivity contribution in [2.24, 2.45) is 20.0 Å². The number of aryl methyl sites for hydroxylation is 6. The molecule has 12 heteroatoms. The summed E-state index contributed by atoms with van der Waals surface area (Å²) in [5, 5.41) is 0. The van der Waals surface area contributed by atoms with Crippen LogP contribution in [0, 0.1) is 41.5 Å². The molecule has 6 aromatic rings. The van der Waals surface area contributed by atoms with E-state index in [1.165, 1.54) is 44.5 Å². The third-order valence-corrected chi connectivity index (χ3v) is 9.63. The Kier molecular flexibility index (Phi) is 20.1. The van der Waals surface area contributed by atoms with Crippen LogP contribution in [0.5, 0.6) is 0 Å². The van der Waals surface area contributed by atoms with Gasteiger partial charge in [0, 0.05) is 0 Å². The molecule has 6 nitrogen and oxygen atoms in total. The van der Waals surface area contributed by atoms with Crippen molar-refractivity contribution >= 4 is 86.0 Å². The Labute approximate surface area is 391 Å². The summed E-state index contributed by atoms with van der Waals surface area (Å²) in [6.45, 7) is 20.7. The van der Waals surface area contributed by atoms with E-state index >= 15 is 0 Å². The molecule has 0 atom stereocenters. The average molecular weight is 976 g/mol. The SMILES string of the molecule is CC(=Nc1cccc(Cc2cccc(N=C(C)c3cccc(C(C)=Nc4c(C)cc(C)cc4C)n3)c2)c1)c1cccc(C(C)=Nc2c(C)cc(C)cc2C)n1.[Cl][Fe][Cl].[Cl][Fe][Cl]. The van der Waals surface area contributed by atoms with Gasteiger partial charge in [-0.25, -0.2) is 9.97 Å². The van der Waals surface area contributed by atoms with E-state index in [-0.39, 0.29) is 26.3 Å². The number of aromatic nitrogens is 2. The van der Waals surface area contributed by atoms with Gasteiger partial charge in [-0.2, -0.15) is 0 Å². The minimum absolute atomic E-state index is 0.194. The van der Waals surface area contributed by atoms with Gasteiger partial charge in [0.05, 0.1) is 68.4 Å². The van der Waals surface area contributed by atoms with E-state index in [4.69, 9.17) is 70.3 Å². The summed E-state index contributed by atoms with van der Waals surface area (Å²) in [6.07, 6.45) is 0.757. The first-order valence-electron chi connectivity index (χ1n) is 19.4. The summed E-state index contributed by atoms with van der Waals surface area (Å²) in [4.78, 5) is 29.8. The van der Waals surface area contributed by atoms with Gasteiger partial charge in [0.1, 0.15) is 0 Å². The number of nitrogens with zero attached hydrogens (tertiary/aromatic N) is 6. The zero-order valence-corrected chi connectivity index (χ0v) is 41.2. The summed E-state index contributed by atoms with van der Waals surface area (Å²) in [6, 6.07) is 37.5. The molecule has 0 aliphatic heterocycles. The third kappa shape index (κ3) is 15.1. The Hall–Kier alpha value is -3.94. The molecule has 0 unspecified atom stereocenters. The van der Waals surface area contributed by atoms with Crippen LogP contribution in [0.1, 0.15) is 95.0 Å². The topological polar surface area (TPSA) is 75.2 Å². The van der Waals surface area contributed by atoms with Gasteiger partial charge in [-0.3, -0.25) is 20.0 Å². The summed E-state index contributed by atoms with van der Waals surface area (Å²) >= 11 is 0.389. The molecule has 0 spiro atoms. The fourth-order valence-electron chi connectivity index (χ4n) is 7.03. The molecule has 0 saturated heterocycles. The molecule has 4 aromatic carbocycles. The number of halogens is 4. The Bertz CT molecular complexity index is 2360. The molecular weight excluding hydrogens is 926 g/mol. The van der Waals surface area contributed by atoms with Gasteiger partial charge in [-0.05, 0) is 158 Å². The van der Waals surface area contributed by atoms with Crippen LogP contribution < -0.4 is 0 Å². The average Bonchev–Trinajstić information content (AvgIpc) is 3.21. The van der Waals surface area contributed by atoms with E-state index in [0.717, 1.165) is 74.8 Å². The van der Waals surface area contributed by atoms with Crippen LogP contribution in [0.25, 0.3) is 0 Å². The predicted octanol–water partition coefficient (Wildman–Crippen LogP) is 15.2. The molecule has 0 N–H and O–H groups in total. The van der Waals surface area contributed by atoms with Crippen molar-refractivity contribution in [3.63, 3.8) is 0 Å². The summed E-state index contributed by atoms with van der Waals surface area (Å²) in [5.41, 5.74) is 20.1. The number of pyridine rings is 2. The molecule has 2 aromatic heterocycles. The molecule has 0 aliphatic rings. The maximum atomic E-state index is 4.98. The number of benzene rings is 4. The van der Waals surface area contributed by atoms with Gasteiger partial charge in [-0.1, -0.05) is 71.8 Å². The van der Waals surface area contributed by atoms with Crippen LogP contribution >= 0.6 is 40.4 Å². The summed E-state index contributed by atoms with van der Waals surface area (Å²) in [5.74, 6) is 0.